The smallest absolute Gasteiger partial charge is 0.261 e. The van der Waals surface area contributed by atoms with E-state index in [0.717, 1.165) is 5.56 Å². The lowest BCUT2D eigenvalue weighted by Crippen LogP contribution is -2.48. The Balaban J connectivity index is 1.41. The number of nitrogens with zero attached hydrogens (tertiary/aromatic N) is 3. The van der Waals surface area contributed by atoms with Crippen LogP contribution >= 0.6 is 0 Å². The van der Waals surface area contributed by atoms with Crippen molar-refractivity contribution in [3.8, 4) is 5.75 Å². The van der Waals surface area contributed by atoms with Gasteiger partial charge >= 0.3 is 0 Å². The van der Waals surface area contributed by atoms with E-state index < -0.39 is 34.4 Å². The van der Waals surface area contributed by atoms with Gasteiger partial charge in [-0.15, -0.1) is 0 Å². The molecule has 2 aromatic carbocycles. The molecule has 1 N–H and O–H groups in total. The number of morpholine rings is 1. The Morgan fingerprint density at radius 1 is 1.02 bits per heavy atom. The first kappa shape index (κ1) is 29.1. The lowest BCUT2D eigenvalue weighted by atomic mass is 10.1. The van der Waals surface area contributed by atoms with Gasteiger partial charge < -0.3 is 19.7 Å². The maximum absolute atomic E-state index is 13.4. The Kier molecular flexibility index (Phi) is 9.80. The summed E-state index contributed by atoms with van der Waals surface area (Å²) in [5.74, 6) is -0.955. The Labute approximate surface area is 232 Å². The van der Waals surface area contributed by atoms with Crippen LogP contribution < -0.4 is 10.1 Å². The Bertz CT molecular complexity index is 1380. The van der Waals surface area contributed by atoms with Gasteiger partial charge in [0.25, 0.3) is 5.91 Å². The van der Waals surface area contributed by atoms with Crippen molar-refractivity contribution in [2.24, 2.45) is 0 Å². The zero-order chi connectivity index (χ0) is 28.5. The van der Waals surface area contributed by atoms with E-state index in [-0.39, 0.29) is 37.0 Å². The second-order valence-electron chi connectivity index (χ2n) is 9.17. The summed E-state index contributed by atoms with van der Waals surface area (Å²) in [5, 5.41) is 2.82. The molecule has 1 aliphatic rings. The molecule has 4 rings (SSSR count). The van der Waals surface area contributed by atoms with Gasteiger partial charge in [-0.25, -0.2) is 12.8 Å². The van der Waals surface area contributed by atoms with Crippen molar-refractivity contribution < 1.29 is 31.9 Å². The van der Waals surface area contributed by atoms with Gasteiger partial charge in [0.15, 0.2) is 6.61 Å². The molecular weight excluding hydrogens is 539 g/mol. The minimum Gasteiger partial charge on any atom is -0.484 e. The molecular formula is C28H31FN4O6S. The fraction of sp³-hybridized carbons (Fsp3) is 0.321. The van der Waals surface area contributed by atoms with Gasteiger partial charge in [-0.2, -0.15) is 4.31 Å². The van der Waals surface area contributed by atoms with Gasteiger partial charge in [0.2, 0.25) is 15.9 Å². The highest BCUT2D eigenvalue weighted by Crippen LogP contribution is 2.21. The average molecular weight is 571 g/mol. The molecule has 2 heterocycles. The highest BCUT2D eigenvalue weighted by molar-refractivity contribution is 7.89. The second kappa shape index (κ2) is 13.5. The number of ether oxygens (including phenoxy) is 2. The third-order valence-electron chi connectivity index (χ3n) is 6.44. The highest BCUT2D eigenvalue weighted by Gasteiger charge is 2.28. The van der Waals surface area contributed by atoms with Crippen LogP contribution in [0.2, 0.25) is 0 Å². The SMILES string of the molecule is C[C@@H](C(=O)NCc1ccncc1)N(Cc1ccc(F)cc1)C(=O)COc1ccc(S(=O)(=O)N2CCOCC2)cc1. The molecule has 3 aromatic rings. The third-order valence-corrected chi connectivity index (χ3v) is 8.36. The van der Waals surface area contributed by atoms with Gasteiger partial charge in [-0.05, 0) is 66.6 Å². The van der Waals surface area contributed by atoms with Crippen molar-refractivity contribution in [1.82, 2.24) is 19.5 Å². The molecule has 10 nitrogen and oxygen atoms in total. The summed E-state index contributed by atoms with van der Waals surface area (Å²) in [4.78, 5) is 31.6. The van der Waals surface area contributed by atoms with E-state index in [9.17, 15) is 22.4 Å². The summed E-state index contributed by atoms with van der Waals surface area (Å²) in [7, 11) is -3.66. The van der Waals surface area contributed by atoms with Crippen LogP contribution in [0, 0.1) is 5.82 Å². The van der Waals surface area contributed by atoms with Crippen LogP contribution in [0.3, 0.4) is 0 Å². The Morgan fingerprint density at radius 2 is 1.68 bits per heavy atom. The number of carbonyl (C=O) groups excluding carboxylic acids is 2. The fourth-order valence-corrected chi connectivity index (χ4v) is 5.49. The predicted molar refractivity (Wildman–Crippen MR) is 144 cm³/mol. The van der Waals surface area contributed by atoms with Crippen LogP contribution in [0.15, 0.2) is 78.0 Å². The van der Waals surface area contributed by atoms with Gasteiger partial charge in [0, 0.05) is 38.6 Å². The number of halogens is 1. The summed E-state index contributed by atoms with van der Waals surface area (Å²) >= 11 is 0. The van der Waals surface area contributed by atoms with Gasteiger partial charge in [-0.3, -0.25) is 14.6 Å². The van der Waals surface area contributed by atoms with Crippen molar-refractivity contribution in [3.05, 3.63) is 90.0 Å². The van der Waals surface area contributed by atoms with E-state index in [4.69, 9.17) is 9.47 Å². The van der Waals surface area contributed by atoms with Crippen LogP contribution in [-0.4, -0.2) is 73.4 Å². The fourth-order valence-electron chi connectivity index (χ4n) is 4.08. The van der Waals surface area contributed by atoms with Crippen molar-refractivity contribution in [2.75, 3.05) is 32.9 Å². The van der Waals surface area contributed by atoms with E-state index in [1.807, 2.05) is 0 Å². The van der Waals surface area contributed by atoms with E-state index in [0.29, 0.717) is 24.5 Å². The summed E-state index contributed by atoms with van der Waals surface area (Å²) in [6.45, 7) is 2.80. The number of carbonyl (C=O) groups is 2. The van der Waals surface area contributed by atoms with Crippen LogP contribution in [0.25, 0.3) is 0 Å². The number of benzene rings is 2. The molecule has 0 saturated carbocycles. The first-order valence-electron chi connectivity index (χ1n) is 12.8. The molecule has 12 heteroatoms. The molecule has 0 radical (unpaired) electrons. The van der Waals surface area contributed by atoms with E-state index >= 15 is 0 Å². The topological polar surface area (TPSA) is 118 Å². The summed E-state index contributed by atoms with van der Waals surface area (Å²) < 4.78 is 51.4. The Morgan fingerprint density at radius 3 is 2.33 bits per heavy atom. The molecule has 1 saturated heterocycles. The first-order valence-corrected chi connectivity index (χ1v) is 14.2. The minimum atomic E-state index is -3.66. The molecule has 0 unspecified atom stereocenters. The number of rotatable bonds is 11. The zero-order valence-electron chi connectivity index (χ0n) is 22.0. The van der Waals surface area contributed by atoms with Crippen LogP contribution in [0.5, 0.6) is 5.75 Å². The molecule has 1 atom stereocenters. The normalized spacial score (nSPS) is 14.8. The molecule has 0 spiro atoms. The monoisotopic (exact) mass is 570 g/mol. The Hall–Kier alpha value is -3.87. The summed E-state index contributed by atoms with van der Waals surface area (Å²) in [6, 6.07) is 14.2. The quantitative estimate of drug-likeness (QED) is 0.376. The van der Waals surface area contributed by atoms with Gasteiger partial charge in [-0.1, -0.05) is 12.1 Å². The maximum atomic E-state index is 13.4. The highest BCUT2D eigenvalue weighted by atomic mass is 32.2. The largest absolute Gasteiger partial charge is 0.484 e. The lowest BCUT2D eigenvalue weighted by molar-refractivity contribution is -0.142. The molecule has 212 valence electrons. The number of nitrogens with one attached hydrogen (secondary N) is 1. The number of hydrogen-bond donors (Lipinski definition) is 1. The van der Waals surface area contributed by atoms with E-state index in [2.05, 4.69) is 10.3 Å². The molecule has 0 aliphatic carbocycles. The maximum Gasteiger partial charge on any atom is 0.261 e. The number of hydrogen-bond acceptors (Lipinski definition) is 7. The summed E-state index contributed by atoms with van der Waals surface area (Å²) in [6.07, 6.45) is 3.24. The number of amides is 2. The minimum absolute atomic E-state index is 0.0586. The van der Waals surface area contributed by atoms with Crippen LogP contribution in [0.4, 0.5) is 4.39 Å². The molecule has 1 aromatic heterocycles. The molecule has 40 heavy (non-hydrogen) atoms. The number of aromatic nitrogens is 1. The standard InChI is InChI=1S/C28H31FN4O6S/c1-21(28(35)31-18-22-10-12-30-13-11-22)33(19-23-2-4-24(29)5-3-23)27(34)20-39-25-6-8-26(9-7-25)40(36,37)32-14-16-38-17-15-32/h2-13,21H,14-20H2,1H3,(H,31,35)/t21-/m0/s1. The third kappa shape index (κ3) is 7.62. The van der Waals surface area contributed by atoms with Crippen LogP contribution in [-0.2, 0) is 37.4 Å². The summed E-state index contributed by atoms with van der Waals surface area (Å²) in [5.41, 5.74) is 1.50. The second-order valence-corrected chi connectivity index (χ2v) is 11.1. The van der Waals surface area contributed by atoms with Crippen LogP contribution in [0.1, 0.15) is 18.1 Å². The van der Waals surface area contributed by atoms with Crippen molar-refractivity contribution in [3.63, 3.8) is 0 Å². The van der Waals surface area contributed by atoms with Crippen molar-refractivity contribution in [2.45, 2.75) is 31.0 Å². The molecule has 1 aliphatic heterocycles. The number of sulfonamides is 1. The van der Waals surface area contributed by atoms with Crippen molar-refractivity contribution in [1.29, 1.82) is 0 Å². The van der Waals surface area contributed by atoms with E-state index in [1.165, 1.54) is 45.6 Å². The predicted octanol–water partition coefficient (Wildman–Crippen LogP) is 2.35. The average Bonchev–Trinajstić information content (AvgIpc) is 2.99. The van der Waals surface area contributed by atoms with Gasteiger partial charge in [0.05, 0.1) is 18.1 Å². The molecule has 0 bridgehead atoms. The molecule has 2 amide bonds. The first-order chi connectivity index (χ1) is 19.2. The number of pyridine rings is 1. The zero-order valence-corrected chi connectivity index (χ0v) is 22.8. The van der Waals surface area contributed by atoms with E-state index in [1.54, 1.807) is 43.6 Å². The van der Waals surface area contributed by atoms with Crippen molar-refractivity contribution >= 4 is 21.8 Å². The van der Waals surface area contributed by atoms with Gasteiger partial charge in [0.1, 0.15) is 17.6 Å². The lowest BCUT2D eigenvalue weighted by Gasteiger charge is -2.29. The molecule has 1 fully saturated rings.